The van der Waals surface area contributed by atoms with Crippen LogP contribution < -0.4 is 10.1 Å². The van der Waals surface area contributed by atoms with Crippen LogP contribution in [-0.2, 0) is 17.9 Å². The summed E-state index contributed by atoms with van der Waals surface area (Å²) in [5.41, 5.74) is 2.40. The molecule has 0 aliphatic carbocycles. The Morgan fingerprint density at radius 2 is 1.66 bits per heavy atom. The number of nitrogens with zero attached hydrogens (tertiary/aromatic N) is 2. The second-order valence-corrected chi connectivity index (χ2v) is 7.86. The van der Waals surface area contributed by atoms with Crippen molar-refractivity contribution in [2.24, 2.45) is 0 Å². The van der Waals surface area contributed by atoms with Gasteiger partial charge < -0.3 is 14.6 Å². The van der Waals surface area contributed by atoms with Crippen molar-refractivity contribution in [3.8, 4) is 5.75 Å². The van der Waals surface area contributed by atoms with Crippen molar-refractivity contribution in [3.63, 3.8) is 0 Å². The molecule has 0 spiro atoms. The maximum Gasteiger partial charge on any atom is 0.244 e. The summed E-state index contributed by atoms with van der Waals surface area (Å²) >= 11 is 5.93. The van der Waals surface area contributed by atoms with E-state index in [1.165, 1.54) is 0 Å². The third kappa shape index (κ3) is 4.15. The first-order valence-electron chi connectivity index (χ1n) is 10.3. The molecule has 4 aromatic carbocycles. The summed E-state index contributed by atoms with van der Waals surface area (Å²) in [5, 5.41) is 5.68. The maximum absolute atomic E-state index is 12.8. The van der Waals surface area contributed by atoms with Crippen molar-refractivity contribution in [1.82, 2.24) is 9.55 Å². The summed E-state index contributed by atoms with van der Waals surface area (Å²) in [6, 6.07) is 28.9. The summed E-state index contributed by atoms with van der Waals surface area (Å²) < 4.78 is 8.05. The summed E-state index contributed by atoms with van der Waals surface area (Å²) in [4.78, 5) is 17.5. The molecule has 1 amide bonds. The van der Waals surface area contributed by atoms with Crippen LogP contribution in [0.25, 0.3) is 21.8 Å². The van der Waals surface area contributed by atoms with Gasteiger partial charge >= 0.3 is 0 Å². The lowest BCUT2D eigenvalue weighted by molar-refractivity contribution is -0.116. The number of imidazole rings is 1. The number of aromatic nitrogens is 2. The SMILES string of the molecule is O=C(Cn1c(COc2cccc3ccccc23)nc2ccccc21)Nc1ccc(Cl)cc1. The van der Waals surface area contributed by atoms with Crippen molar-refractivity contribution in [2.75, 3.05) is 5.32 Å². The first kappa shape index (κ1) is 20.1. The second kappa shape index (κ2) is 8.73. The largest absolute Gasteiger partial charge is 0.485 e. The molecular weight excluding hydrogens is 422 g/mol. The molecule has 0 unspecified atom stereocenters. The van der Waals surface area contributed by atoms with Crippen LogP contribution in [0.15, 0.2) is 91.0 Å². The summed E-state index contributed by atoms with van der Waals surface area (Å²) in [5.74, 6) is 1.32. The number of carbonyl (C=O) groups excluding carboxylic acids is 1. The van der Waals surface area contributed by atoms with Crippen LogP contribution in [-0.4, -0.2) is 15.5 Å². The van der Waals surface area contributed by atoms with E-state index >= 15 is 0 Å². The predicted octanol–water partition coefficient (Wildman–Crippen LogP) is 6.06. The first-order chi connectivity index (χ1) is 15.7. The van der Waals surface area contributed by atoms with Gasteiger partial charge in [0.1, 0.15) is 24.7 Å². The minimum absolute atomic E-state index is 0.122. The first-order valence-corrected chi connectivity index (χ1v) is 10.7. The number of anilines is 1. The Morgan fingerprint density at radius 1 is 0.906 bits per heavy atom. The third-order valence-electron chi connectivity index (χ3n) is 5.27. The molecule has 5 aromatic rings. The number of halogens is 1. The molecule has 1 heterocycles. The van der Waals surface area contributed by atoms with Gasteiger partial charge in [-0.05, 0) is 47.9 Å². The number of para-hydroxylation sites is 2. The Morgan fingerprint density at radius 3 is 2.53 bits per heavy atom. The lowest BCUT2D eigenvalue weighted by Crippen LogP contribution is -2.20. The number of amides is 1. The van der Waals surface area contributed by atoms with Gasteiger partial charge in [-0.15, -0.1) is 0 Å². The highest BCUT2D eigenvalue weighted by atomic mass is 35.5. The Balaban J connectivity index is 1.41. The Bertz CT molecular complexity index is 1400. The lowest BCUT2D eigenvalue weighted by Gasteiger charge is -2.12. The van der Waals surface area contributed by atoms with E-state index in [9.17, 15) is 4.79 Å². The fourth-order valence-corrected chi connectivity index (χ4v) is 3.88. The van der Waals surface area contributed by atoms with E-state index in [2.05, 4.69) is 17.4 Å². The number of ether oxygens (including phenoxy) is 1. The predicted molar refractivity (Wildman–Crippen MR) is 128 cm³/mol. The zero-order valence-electron chi connectivity index (χ0n) is 17.2. The molecule has 32 heavy (non-hydrogen) atoms. The normalized spacial score (nSPS) is 11.0. The number of carbonyl (C=O) groups is 1. The Kier molecular flexibility index (Phi) is 5.48. The molecule has 5 rings (SSSR count). The van der Waals surface area contributed by atoms with Crippen molar-refractivity contribution >= 4 is 45.0 Å². The number of benzene rings is 4. The number of fused-ring (bicyclic) bond motifs is 2. The lowest BCUT2D eigenvalue weighted by atomic mass is 10.1. The summed E-state index contributed by atoms with van der Waals surface area (Å²) in [7, 11) is 0. The van der Waals surface area contributed by atoms with Gasteiger partial charge in [-0.1, -0.05) is 60.1 Å². The van der Waals surface area contributed by atoms with Crippen LogP contribution in [0.3, 0.4) is 0 Å². The Labute approximate surface area is 190 Å². The quantitative estimate of drug-likeness (QED) is 0.348. The molecule has 0 bridgehead atoms. The molecular formula is C26H20ClN3O2. The molecule has 6 heteroatoms. The number of rotatable bonds is 6. The highest BCUT2D eigenvalue weighted by Gasteiger charge is 2.15. The highest BCUT2D eigenvalue weighted by Crippen LogP contribution is 2.26. The molecule has 0 saturated carbocycles. The van der Waals surface area contributed by atoms with Gasteiger partial charge in [-0.3, -0.25) is 4.79 Å². The van der Waals surface area contributed by atoms with E-state index in [-0.39, 0.29) is 19.1 Å². The fourth-order valence-electron chi connectivity index (χ4n) is 3.75. The van der Waals surface area contributed by atoms with E-state index in [0.29, 0.717) is 16.5 Å². The number of hydrogen-bond donors (Lipinski definition) is 1. The van der Waals surface area contributed by atoms with E-state index in [0.717, 1.165) is 27.6 Å². The molecule has 158 valence electrons. The van der Waals surface area contributed by atoms with Crippen molar-refractivity contribution in [2.45, 2.75) is 13.2 Å². The standard InChI is InChI=1S/C26H20ClN3O2/c27-19-12-14-20(15-13-19)28-26(31)16-30-23-10-4-3-9-22(23)29-25(30)17-32-24-11-5-7-18-6-1-2-8-21(18)24/h1-15H,16-17H2,(H,28,31). The minimum Gasteiger partial charge on any atom is -0.485 e. The smallest absolute Gasteiger partial charge is 0.244 e. The molecule has 0 aliphatic rings. The monoisotopic (exact) mass is 441 g/mol. The average Bonchev–Trinajstić information content (AvgIpc) is 3.16. The molecule has 0 saturated heterocycles. The topological polar surface area (TPSA) is 56.2 Å². The van der Waals surface area contributed by atoms with Crippen LogP contribution in [0.1, 0.15) is 5.82 Å². The van der Waals surface area contributed by atoms with Crippen LogP contribution in [0.4, 0.5) is 5.69 Å². The van der Waals surface area contributed by atoms with Gasteiger partial charge in [0.15, 0.2) is 0 Å². The highest BCUT2D eigenvalue weighted by molar-refractivity contribution is 6.30. The molecule has 1 aromatic heterocycles. The Hall–Kier alpha value is -3.83. The second-order valence-electron chi connectivity index (χ2n) is 7.42. The van der Waals surface area contributed by atoms with Crippen molar-refractivity contribution < 1.29 is 9.53 Å². The van der Waals surface area contributed by atoms with Gasteiger partial charge in [0.25, 0.3) is 0 Å². The third-order valence-corrected chi connectivity index (χ3v) is 5.52. The van der Waals surface area contributed by atoms with Crippen molar-refractivity contribution in [1.29, 1.82) is 0 Å². The fraction of sp³-hybridized carbons (Fsp3) is 0.0769. The van der Waals surface area contributed by atoms with Gasteiger partial charge in [-0.2, -0.15) is 0 Å². The zero-order chi connectivity index (χ0) is 21.9. The van der Waals surface area contributed by atoms with Crippen LogP contribution in [0, 0.1) is 0 Å². The van der Waals surface area contributed by atoms with Gasteiger partial charge in [0, 0.05) is 16.1 Å². The summed E-state index contributed by atoms with van der Waals surface area (Å²) in [6.45, 7) is 0.369. The molecule has 0 aliphatic heterocycles. The molecule has 5 nitrogen and oxygen atoms in total. The van der Waals surface area contributed by atoms with Crippen LogP contribution in [0.2, 0.25) is 5.02 Å². The van der Waals surface area contributed by atoms with Crippen LogP contribution >= 0.6 is 11.6 Å². The molecule has 1 N–H and O–H groups in total. The van der Waals surface area contributed by atoms with E-state index < -0.39 is 0 Å². The van der Waals surface area contributed by atoms with Crippen molar-refractivity contribution in [3.05, 3.63) is 102 Å². The van der Waals surface area contributed by atoms with Gasteiger partial charge in [0.2, 0.25) is 5.91 Å². The van der Waals surface area contributed by atoms with E-state index in [4.69, 9.17) is 21.3 Å². The van der Waals surface area contributed by atoms with Gasteiger partial charge in [0.05, 0.1) is 11.0 Å². The maximum atomic E-state index is 12.8. The molecule has 0 radical (unpaired) electrons. The average molecular weight is 442 g/mol. The van der Waals surface area contributed by atoms with Crippen LogP contribution in [0.5, 0.6) is 5.75 Å². The number of hydrogen-bond acceptors (Lipinski definition) is 3. The van der Waals surface area contributed by atoms with Gasteiger partial charge in [-0.25, -0.2) is 4.98 Å². The minimum atomic E-state index is -0.151. The zero-order valence-corrected chi connectivity index (χ0v) is 17.9. The summed E-state index contributed by atoms with van der Waals surface area (Å²) in [6.07, 6.45) is 0. The molecule has 0 fully saturated rings. The van der Waals surface area contributed by atoms with E-state index in [1.807, 2.05) is 59.2 Å². The van der Waals surface area contributed by atoms with E-state index in [1.54, 1.807) is 24.3 Å². The molecule has 0 atom stereocenters. The number of nitrogens with one attached hydrogen (secondary N) is 1.